The number of rotatable bonds is 6. The lowest BCUT2D eigenvalue weighted by Crippen LogP contribution is -2.38. The Morgan fingerprint density at radius 2 is 2.25 bits per heavy atom. The molecule has 0 aliphatic carbocycles. The molecular weight excluding hydrogens is 278 g/mol. The van der Waals surface area contributed by atoms with E-state index in [0.29, 0.717) is 12.1 Å². The normalized spacial score (nSPS) is 18.8. The van der Waals surface area contributed by atoms with E-state index in [1.165, 1.54) is 19.3 Å². The largest absolute Gasteiger partial charge is 0.392 e. The van der Waals surface area contributed by atoms with Crippen LogP contribution in [0.4, 0.5) is 0 Å². The van der Waals surface area contributed by atoms with Crippen molar-refractivity contribution in [2.75, 3.05) is 26.2 Å². The van der Waals surface area contributed by atoms with Gasteiger partial charge in [-0.1, -0.05) is 23.2 Å². The zero-order chi connectivity index (χ0) is 14.2. The lowest BCUT2D eigenvalue weighted by molar-refractivity contribution is 0.0161. The predicted octanol–water partition coefficient (Wildman–Crippen LogP) is 1.85. The molecule has 0 spiro atoms. The Kier molecular flexibility index (Phi) is 6.24. The molecule has 5 nitrogen and oxygen atoms in total. The van der Waals surface area contributed by atoms with Gasteiger partial charge in [0.05, 0.1) is 0 Å². The Hall–Kier alpha value is -1.17. The number of β-amino-alcohol motifs (C(OH)–C–C–N with tert-alkyl or cyclic N) is 1. The van der Waals surface area contributed by atoms with Crippen LogP contribution >= 0.6 is 11.6 Å². The number of aliphatic hydroxyl groups is 1. The number of piperidine rings is 1. The number of aliphatic hydroxyl groups excluding tert-OH is 1. The number of pyridine rings is 1. The van der Waals surface area contributed by atoms with Crippen LogP contribution in [-0.2, 0) is 4.84 Å². The third-order valence-electron chi connectivity index (χ3n) is 3.23. The molecule has 1 aliphatic heterocycles. The third kappa shape index (κ3) is 5.07. The van der Waals surface area contributed by atoms with Crippen LogP contribution in [0.5, 0.6) is 0 Å². The van der Waals surface area contributed by atoms with Gasteiger partial charge in [0, 0.05) is 24.5 Å². The highest BCUT2D eigenvalue weighted by Crippen LogP contribution is 2.09. The van der Waals surface area contributed by atoms with Gasteiger partial charge in [-0.15, -0.1) is 0 Å². The molecule has 1 saturated heterocycles. The van der Waals surface area contributed by atoms with Crippen molar-refractivity contribution in [2.24, 2.45) is 5.16 Å². The van der Waals surface area contributed by atoms with E-state index in [1.54, 1.807) is 24.5 Å². The van der Waals surface area contributed by atoms with Crippen LogP contribution in [0, 0.1) is 0 Å². The van der Waals surface area contributed by atoms with Crippen molar-refractivity contribution in [3.63, 3.8) is 0 Å². The standard InChI is InChI=1S/C14H20ClN3O2/c15-14(12-5-4-6-16-9-12)17-20-11-13(19)10-18-7-2-1-3-8-18/h4-6,9,13,19H,1-3,7-8,10-11H2/t13-/m0/s1. The molecule has 0 saturated carbocycles. The molecule has 1 aromatic heterocycles. The predicted molar refractivity (Wildman–Crippen MR) is 78.9 cm³/mol. The molecule has 0 bridgehead atoms. The molecule has 1 fully saturated rings. The van der Waals surface area contributed by atoms with Crippen LogP contribution in [0.25, 0.3) is 0 Å². The van der Waals surface area contributed by atoms with Crippen molar-refractivity contribution < 1.29 is 9.94 Å². The summed E-state index contributed by atoms with van der Waals surface area (Å²) in [4.78, 5) is 11.3. The van der Waals surface area contributed by atoms with E-state index >= 15 is 0 Å². The Labute approximate surface area is 124 Å². The summed E-state index contributed by atoms with van der Waals surface area (Å²) in [7, 11) is 0. The minimum atomic E-state index is -0.546. The van der Waals surface area contributed by atoms with Gasteiger partial charge in [-0.2, -0.15) is 0 Å². The number of hydrogen-bond donors (Lipinski definition) is 1. The van der Waals surface area contributed by atoms with E-state index in [2.05, 4.69) is 15.0 Å². The summed E-state index contributed by atoms with van der Waals surface area (Å²) in [5.74, 6) is 0. The fraction of sp³-hybridized carbons (Fsp3) is 0.571. The number of aromatic nitrogens is 1. The van der Waals surface area contributed by atoms with E-state index < -0.39 is 6.10 Å². The van der Waals surface area contributed by atoms with E-state index in [9.17, 15) is 5.11 Å². The second kappa shape index (κ2) is 8.19. The average Bonchev–Trinajstić information content (AvgIpc) is 2.49. The summed E-state index contributed by atoms with van der Waals surface area (Å²) >= 11 is 5.97. The van der Waals surface area contributed by atoms with Gasteiger partial charge < -0.3 is 14.8 Å². The number of halogens is 1. The average molecular weight is 298 g/mol. The number of hydrogen-bond acceptors (Lipinski definition) is 5. The van der Waals surface area contributed by atoms with Crippen molar-refractivity contribution in [2.45, 2.75) is 25.4 Å². The molecule has 0 amide bonds. The maximum absolute atomic E-state index is 9.89. The maximum Gasteiger partial charge on any atom is 0.177 e. The SMILES string of the molecule is O[C@H](CON=C(Cl)c1cccnc1)CN1CCCCC1. The first kappa shape index (κ1) is 15.2. The maximum atomic E-state index is 9.89. The van der Waals surface area contributed by atoms with E-state index in [1.807, 2.05) is 0 Å². The summed E-state index contributed by atoms with van der Waals surface area (Å²) in [5, 5.41) is 13.9. The summed E-state index contributed by atoms with van der Waals surface area (Å²) in [6.45, 7) is 2.88. The second-order valence-electron chi connectivity index (χ2n) is 4.93. The van der Waals surface area contributed by atoms with E-state index in [4.69, 9.17) is 16.4 Å². The minimum absolute atomic E-state index is 0.146. The van der Waals surface area contributed by atoms with E-state index in [0.717, 1.165) is 13.1 Å². The van der Waals surface area contributed by atoms with Crippen molar-refractivity contribution in [1.29, 1.82) is 0 Å². The highest BCUT2D eigenvalue weighted by Gasteiger charge is 2.14. The molecule has 1 aromatic rings. The van der Waals surface area contributed by atoms with Gasteiger partial charge in [-0.25, -0.2) is 0 Å². The molecule has 110 valence electrons. The first-order valence-electron chi connectivity index (χ1n) is 6.92. The van der Waals surface area contributed by atoms with Gasteiger partial charge in [0.2, 0.25) is 0 Å². The molecule has 0 aromatic carbocycles. The van der Waals surface area contributed by atoms with Crippen molar-refractivity contribution in [1.82, 2.24) is 9.88 Å². The van der Waals surface area contributed by atoms with Gasteiger partial charge >= 0.3 is 0 Å². The quantitative estimate of drug-likeness (QED) is 0.643. The highest BCUT2D eigenvalue weighted by molar-refractivity contribution is 6.69. The number of nitrogens with zero attached hydrogens (tertiary/aromatic N) is 3. The number of likely N-dealkylation sites (tertiary alicyclic amines) is 1. The lowest BCUT2D eigenvalue weighted by atomic mass is 10.1. The Balaban J connectivity index is 1.71. The smallest absolute Gasteiger partial charge is 0.177 e. The van der Waals surface area contributed by atoms with Gasteiger partial charge in [-0.3, -0.25) is 4.98 Å². The van der Waals surface area contributed by atoms with Gasteiger partial charge in [0.15, 0.2) is 5.17 Å². The van der Waals surface area contributed by atoms with Crippen LogP contribution in [0.2, 0.25) is 0 Å². The summed E-state index contributed by atoms with van der Waals surface area (Å²) < 4.78 is 0. The molecular formula is C14H20ClN3O2. The fourth-order valence-corrected chi connectivity index (χ4v) is 2.37. The van der Waals surface area contributed by atoms with Crippen molar-refractivity contribution >= 4 is 16.8 Å². The summed E-state index contributed by atoms with van der Waals surface area (Å²) in [6.07, 6.45) is 6.43. The molecule has 1 atom stereocenters. The third-order valence-corrected chi connectivity index (χ3v) is 3.52. The Bertz CT molecular complexity index is 422. The monoisotopic (exact) mass is 297 g/mol. The Morgan fingerprint density at radius 1 is 1.45 bits per heavy atom. The van der Waals surface area contributed by atoms with Crippen LogP contribution < -0.4 is 0 Å². The highest BCUT2D eigenvalue weighted by atomic mass is 35.5. The molecule has 0 radical (unpaired) electrons. The zero-order valence-corrected chi connectivity index (χ0v) is 12.2. The lowest BCUT2D eigenvalue weighted by Gasteiger charge is -2.27. The summed E-state index contributed by atoms with van der Waals surface area (Å²) in [6, 6.07) is 3.57. The van der Waals surface area contributed by atoms with E-state index in [-0.39, 0.29) is 11.8 Å². The first-order valence-corrected chi connectivity index (χ1v) is 7.30. The van der Waals surface area contributed by atoms with Crippen LogP contribution in [0.1, 0.15) is 24.8 Å². The fourth-order valence-electron chi connectivity index (χ4n) is 2.21. The topological polar surface area (TPSA) is 58.0 Å². The van der Waals surface area contributed by atoms with Gasteiger partial charge in [0.1, 0.15) is 12.7 Å². The minimum Gasteiger partial charge on any atom is -0.392 e. The van der Waals surface area contributed by atoms with Gasteiger partial charge in [0.25, 0.3) is 0 Å². The van der Waals surface area contributed by atoms with Crippen LogP contribution in [0.15, 0.2) is 29.7 Å². The molecule has 1 N–H and O–H groups in total. The van der Waals surface area contributed by atoms with Crippen molar-refractivity contribution in [3.8, 4) is 0 Å². The molecule has 2 rings (SSSR count). The second-order valence-corrected chi connectivity index (χ2v) is 5.29. The molecule has 20 heavy (non-hydrogen) atoms. The molecule has 0 unspecified atom stereocenters. The van der Waals surface area contributed by atoms with Crippen LogP contribution in [-0.4, -0.2) is 52.5 Å². The van der Waals surface area contributed by atoms with Gasteiger partial charge in [-0.05, 0) is 38.1 Å². The first-order chi connectivity index (χ1) is 9.75. The molecule has 1 aliphatic rings. The van der Waals surface area contributed by atoms with Crippen molar-refractivity contribution in [3.05, 3.63) is 30.1 Å². The molecule has 2 heterocycles. The van der Waals surface area contributed by atoms with Crippen LogP contribution in [0.3, 0.4) is 0 Å². The Morgan fingerprint density at radius 3 is 2.95 bits per heavy atom. The number of oxime groups is 1. The summed E-state index contributed by atoms with van der Waals surface area (Å²) in [5.41, 5.74) is 0.694. The zero-order valence-electron chi connectivity index (χ0n) is 11.4. The molecule has 6 heteroatoms.